The van der Waals surface area contributed by atoms with Crippen molar-refractivity contribution < 1.29 is 9.18 Å². The molecule has 0 bridgehead atoms. The molecule has 1 aliphatic rings. The second-order valence-corrected chi connectivity index (χ2v) is 9.02. The Morgan fingerprint density at radius 3 is 2.53 bits per heavy atom. The van der Waals surface area contributed by atoms with Crippen LogP contribution in [0.4, 0.5) is 15.8 Å². The Hall–Kier alpha value is -4.45. The molecule has 0 fully saturated rings. The van der Waals surface area contributed by atoms with Crippen molar-refractivity contribution in [3.63, 3.8) is 0 Å². The van der Waals surface area contributed by atoms with Gasteiger partial charge >= 0.3 is 0 Å². The molecule has 0 radical (unpaired) electrons. The highest BCUT2D eigenvalue weighted by molar-refractivity contribution is 6.09. The van der Waals surface area contributed by atoms with Crippen molar-refractivity contribution in [1.29, 1.82) is 0 Å². The van der Waals surface area contributed by atoms with E-state index in [9.17, 15) is 9.18 Å². The molecule has 4 aromatic rings. The zero-order chi connectivity index (χ0) is 25.2. The van der Waals surface area contributed by atoms with E-state index in [1.807, 2.05) is 36.5 Å². The minimum absolute atomic E-state index is 0.209. The number of benzene rings is 3. The number of rotatable bonds is 4. The first-order chi connectivity index (χ1) is 17.4. The average molecular weight is 477 g/mol. The van der Waals surface area contributed by atoms with Gasteiger partial charge in [-0.05, 0) is 91.1 Å². The van der Waals surface area contributed by atoms with E-state index < -0.39 is 5.91 Å². The van der Waals surface area contributed by atoms with E-state index in [0.717, 1.165) is 45.0 Å². The predicted molar refractivity (Wildman–Crippen MR) is 143 cm³/mol. The molecule has 1 aliphatic heterocycles. The Kier molecular flexibility index (Phi) is 6.25. The van der Waals surface area contributed by atoms with Crippen molar-refractivity contribution in [1.82, 2.24) is 4.98 Å². The number of hydrogen-bond acceptors (Lipinski definition) is 4. The van der Waals surface area contributed by atoms with E-state index in [4.69, 9.17) is 15.7 Å². The summed E-state index contributed by atoms with van der Waals surface area (Å²) in [6, 6.07) is 22.0. The van der Waals surface area contributed by atoms with E-state index in [1.54, 1.807) is 43.5 Å². The van der Waals surface area contributed by atoms with Crippen LogP contribution in [0.1, 0.15) is 34.8 Å². The molecule has 1 atom stereocenters. The summed E-state index contributed by atoms with van der Waals surface area (Å²) < 4.78 is 13.9. The Bertz CT molecular complexity index is 1520. The van der Waals surface area contributed by atoms with E-state index >= 15 is 0 Å². The summed E-state index contributed by atoms with van der Waals surface area (Å²) in [5, 5.41) is 0. The number of aromatic nitrogens is 1. The van der Waals surface area contributed by atoms with Gasteiger partial charge in [0.25, 0.3) is 0 Å². The minimum Gasteiger partial charge on any atom is -0.366 e. The first kappa shape index (κ1) is 23.3. The third-order valence-electron chi connectivity index (χ3n) is 6.26. The van der Waals surface area contributed by atoms with Crippen LogP contribution < -0.4 is 5.73 Å². The van der Waals surface area contributed by atoms with Gasteiger partial charge in [0.05, 0.1) is 22.8 Å². The number of aliphatic imine (C=N–C) groups is 2. The van der Waals surface area contributed by atoms with Gasteiger partial charge in [0.2, 0.25) is 5.91 Å². The Morgan fingerprint density at radius 1 is 1.00 bits per heavy atom. The van der Waals surface area contributed by atoms with Crippen LogP contribution >= 0.6 is 0 Å². The second kappa shape index (κ2) is 9.66. The van der Waals surface area contributed by atoms with Crippen LogP contribution in [-0.2, 0) is 0 Å². The van der Waals surface area contributed by atoms with Gasteiger partial charge in [-0.1, -0.05) is 19.1 Å². The van der Waals surface area contributed by atoms with Crippen molar-refractivity contribution in [2.45, 2.75) is 20.3 Å². The lowest BCUT2D eigenvalue weighted by molar-refractivity contribution is 0.100. The van der Waals surface area contributed by atoms with Crippen LogP contribution in [0.15, 0.2) is 89.0 Å². The fraction of sp³-hybridized carbons (Fsp3) is 0.133. The lowest BCUT2D eigenvalue weighted by atomic mass is 9.93. The standard InChI is InChI=1S/C30H25FN4O/c1-18-14-28(35-23-9-5-20(6-10-23)30(32)36)25-16-21(8-12-27(25)34-17-18)24-4-3-13-33-29(24)22-7-11-26(31)19(2)15-22/h3-13,15-18H,14H2,1-2H3,(H2,32,36). The Labute approximate surface area is 209 Å². The molecule has 2 N–H and O–H groups in total. The lowest BCUT2D eigenvalue weighted by Crippen LogP contribution is -2.10. The molecule has 1 aromatic heterocycles. The molecular formula is C30H25FN4O. The van der Waals surface area contributed by atoms with Gasteiger partial charge in [-0.3, -0.25) is 19.8 Å². The van der Waals surface area contributed by atoms with Crippen molar-refractivity contribution in [2.24, 2.45) is 21.6 Å². The zero-order valence-corrected chi connectivity index (χ0v) is 20.1. The van der Waals surface area contributed by atoms with Crippen molar-refractivity contribution in [3.05, 3.63) is 102 Å². The first-order valence-corrected chi connectivity index (χ1v) is 11.8. The van der Waals surface area contributed by atoms with Gasteiger partial charge in [0.15, 0.2) is 0 Å². The lowest BCUT2D eigenvalue weighted by Gasteiger charge is -2.14. The van der Waals surface area contributed by atoms with Crippen molar-refractivity contribution in [2.75, 3.05) is 0 Å². The minimum atomic E-state index is -0.468. The maximum Gasteiger partial charge on any atom is 0.248 e. The first-order valence-electron chi connectivity index (χ1n) is 11.8. The molecule has 2 heterocycles. The molecule has 1 amide bonds. The van der Waals surface area contributed by atoms with Crippen molar-refractivity contribution in [3.8, 4) is 22.4 Å². The summed E-state index contributed by atoms with van der Waals surface area (Å²) in [7, 11) is 0. The van der Waals surface area contributed by atoms with E-state index in [2.05, 4.69) is 18.0 Å². The van der Waals surface area contributed by atoms with Crippen LogP contribution in [0, 0.1) is 18.7 Å². The molecule has 0 aliphatic carbocycles. The maximum absolute atomic E-state index is 13.9. The number of nitrogens with zero attached hydrogens (tertiary/aromatic N) is 3. The third kappa shape index (κ3) is 4.70. The average Bonchev–Trinajstić information content (AvgIpc) is 3.04. The van der Waals surface area contributed by atoms with E-state index in [0.29, 0.717) is 17.5 Å². The molecular weight excluding hydrogens is 451 g/mol. The number of nitrogens with two attached hydrogens (primary N) is 1. The molecule has 0 saturated heterocycles. The highest BCUT2D eigenvalue weighted by atomic mass is 19.1. The molecule has 0 saturated carbocycles. The molecule has 5 nitrogen and oxygen atoms in total. The van der Waals surface area contributed by atoms with E-state index in [-0.39, 0.29) is 11.7 Å². The highest BCUT2D eigenvalue weighted by Crippen LogP contribution is 2.36. The number of fused-ring (bicyclic) bond motifs is 1. The van der Waals surface area contributed by atoms with Gasteiger partial charge in [-0.15, -0.1) is 0 Å². The number of carbonyl (C=O) groups excluding carboxylic acids is 1. The summed E-state index contributed by atoms with van der Waals surface area (Å²) in [6.45, 7) is 3.86. The summed E-state index contributed by atoms with van der Waals surface area (Å²) in [5.41, 5.74) is 13.4. The number of hydrogen-bond donors (Lipinski definition) is 1. The normalized spacial score (nSPS) is 16.0. The van der Waals surface area contributed by atoms with Gasteiger partial charge in [0.1, 0.15) is 5.82 Å². The zero-order valence-electron chi connectivity index (χ0n) is 20.1. The quantitative estimate of drug-likeness (QED) is 0.350. The molecule has 5 rings (SSSR count). The van der Waals surface area contributed by atoms with Crippen LogP contribution in [-0.4, -0.2) is 22.8 Å². The Morgan fingerprint density at radius 2 is 1.78 bits per heavy atom. The van der Waals surface area contributed by atoms with Gasteiger partial charge in [-0.25, -0.2) is 4.39 Å². The number of halogens is 1. The maximum atomic E-state index is 13.9. The topological polar surface area (TPSA) is 80.7 Å². The molecule has 36 heavy (non-hydrogen) atoms. The third-order valence-corrected chi connectivity index (χ3v) is 6.26. The van der Waals surface area contributed by atoms with Gasteiger partial charge < -0.3 is 5.73 Å². The van der Waals surface area contributed by atoms with Crippen molar-refractivity contribution >= 4 is 29.2 Å². The number of pyridine rings is 1. The van der Waals surface area contributed by atoms with Gasteiger partial charge in [0, 0.05) is 34.7 Å². The molecule has 3 aromatic carbocycles. The summed E-state index contributed by atoms with van der Waals surface area (Å²) in [4.78, 5) is 25.7. The Balaban J connectivity index is 1.61. The van der Waals surface area contributed by atoms with Crippen LogP contribution in [0.3, 0.4) is 0 Å². The molecule has 6 heteroatoms. The van der Waals surface area contributed by atoms with Crippen LogP contribution in [0.2, 0.25) is 0 Å². The number of primary amides is 1. The van der Waals surface area contributed by atoms with Crippen LogP contribution in [0.5, 0.6) is 0 Å². The highest BCUT2D eigenvalue weighted by Gasteiger charge is 2.19. The fourth-order valence-electron chi connectivity index (χ4n) is 4.34. The van der Waals surface area contributed by atoms with Crippen LogP contribution in [0.25, 0.3) is 22.4 Å². The van der Waals surface area contributed by atoms with Gasteiger partial charge in [-0.2, -0.15) is 0 Å². The fourth-order valence-corrected chi connectivity index (χ4v) is 4.34. The van der Waals surface area contributed by atoms with E-state index in [1.165, 1.54) is 6.07 Å². The number of carbonyl (C=O) groups is 1. The predicted octanol–water partition coefficient (Wildman–Crippen LogP) is 6.82. The molecule has 1 unspecified atom stereocenters. The largest absolute Gasteiger partial charge is 0.366 e. The summed E-state index contributed by atoms with van der Waals surface area (Å²) >= 11 is 0. The number of amides is 1. The SMILES string of the molecule is Cc1cc(-c2ncccc2-c2ccc3c(c2)C(=Nc2ccc(C(N)=O)cc2)CC(C)C=N3)ccc1F. The smallest absolute Gasteiger partial charge is 0.248 e. The summed E-state index contributed by atoms with van der Waals surface area (Å²) in [6.07, 6.45) is 4.41. The molecule has 0 spiro atoms. The molecule has 178 valence electrons. The monoisotopic (exact) mass is 476 g/mol. The summed E-state index contributed by atoms with van der Waals surface area (Å²) in [5.74, 6) is -0.497. The second-order valence-electron chi connectivity index (χ2n) is 9.02. The number of aryl methyl sites for hydroxylation is 1.